The summed E-state index contributed by atoms with van der Waals surface area (Å²) in [7, 11) is 0. The monoisotopic (exact) mass is 845 g/mol. The zero-order valence-electron chi connectivity index (χ0n) is 32.7. The number of thioether (sulfide) groups is 1. The molecule has 0 radical (unpaired) electrons. The molecule has 59 heavy (non-hydrogen) atoms. The molecule has 0 bridgehead atoms. The normalized spacial score (nSPS) is 14.7. The summed E-state index contributed by atoms with van der Waals surface area (Å²) >= 11 is 0.812. The highest BCUT2D eigenvalue weighted by Crippen LogP contribution is 2.26. The molecule has 1 aromatic rings. The predicted molar refractivity (Wildman–Crippen MR) is 223 cm³/mol. The molecule has 1 aliphatic rings. The Labute approximate surface area is 345 Å². The third kappa shape index (κ3) is 19.9. The number of carbonyl (C=O) groups excluding carboxylic acids is 7. The van der Waals surface area contributed by atoms with Crippen molar-refractivity contribution in [3.8, 4) is 5.75 Å². The summed E-state index contributed by atoms with van der Waals surface area (Å²) in [6.45, 7) is 2.05. The number of nitrogens with two attached hydrogens (primary N) is 7. The lowest BCUT2D eigenvalue weighted by Crippen LogP contribution is -2.57. The summed E-state index contributed by atoms with van der Waals surface area (Å²) in [6, 6.07) is 2.22. The SMILES string of the molecule is C[C@H](NC(=O)[C@H](CCCN=C(N)N)NC(=O)CCCOc1ccc(/C=C2\SC(=O)NC2=O)cc1)C(=O)N[C@@H](CCCN=C(N)N)C(=O)N[C@@H](CCCN=C(N)N)C(N)=O. The average molecular weight is 846 g/mol. The predicted octanol–water partition coefficient (Wildman–Crippen LogP) is -3.23. The van der Waals surface area contributed by atoms with Crippen molar-refractivity contribution in [2.24, 2.45) is 55.1 Å². The quantitative estimate of drug-likeness (QED) is 0.0189. The molecule has 19 N–H and O–H groups in total. The number of imide groups is 1. The van der Waals surface area contributed by atoms with Gasteiger partial charge in [0.2, 0.25) is 29.5 Å². The number of hydrogen-bond acceptors (Lipinski definition) is 12. The molecule has 0 spiro atoms. The van der Waals surface area contributed by atoms with Crippen molar-refractivity contribution < 1.29 is 38.3 Å². The molecular weight excluding hydrogens is 791 g/mol. The first kappa shape index (κ1) is 48.6. The third-order valence-corrected chi connectivity index (χ3v) is 8.98. The van der Waals surface area contributed by atoms with Gasteiger partial charge in [0.05, 0.1) is 11.5 Å². The Morgan fingerprint density at radius 3 is 1.68 bits per heavy atom. The van der Waals surface area contributed by atoms with Crippen LogP contribution in [0.3, 0.4) is 0 Å². The molecule has 7 amide bonds. The second kappa shape index (κ2) is 25.6. The van der Waals surface area contributed by atoms with Crippen LogP contribution in [0.5, 0.6) is 5.75 Å². The third-order valence-electron chi connectivity index (χ3n) is 8.17. The average Bonchev–Trinajstić information content (AvgIpc) is 3.48. The first-order valence-corrected chi connectivity index (χ1v) is 19.4. The van der Waals surface area contributed by atoms with Crippen LogP contribution in [0.1, 0.15) is 63.9 Å². The number of carbonyl (C=O) groups is 7. The lowest BCUT2D eigenvalue weighted by molar-refractivity contribution is -0.134. The highest BCUT2D eigenvalue weighted by atomic mass is 32.2. The van der Waals surface area contributed by atoms with Crippen molar-refractivity contribution in [2.75, 3.05) is 26.2 Å². The molecule has 1 aromatic carbocycles. The molecule has 0 saturated carbocycles. The maximum Gasteiger partial charge on any atom is 0.290 e. The number of amides is 7. The van der Waals surface area contributed by atoms with Gasteiger partial charge in [-0.15, -0.1) is 0 Å². The molecule has 1 saturated heterocycles. The van der Waals surface area contributed by atoms with E-state index in [1.165, 1.54) is 6.92 Å². The van der Waals surface area contributed by atoms with Gasteiger partial charge >= 0.3 is 0 Å². The summed E-state index contributed by atoms with van der Waals surface area (Å²) in [5.41, 5.74) is 38.5. The number of hydrogen-bond donors (Lipinski definition) is 12. The Morgan fingerprint density at radius 1 is 0.695 bits per heavy atom. The van der Waals surface area contributed by atoms with Crippen LogP contribution in [0.25, 0.3) is 6.08 Å². The molecule has 1 heterocycles. The molecule has 0 aliphatic carbocycles. The van der Waals surface area contributed by atoms with Gasteiger partial charge in [0, 0.05) is 26.1 Å². The first-order valence-electron chi connectivity index (χ1n) is 18.6. The Morgan fingerprint density at radius 2 is 1.19 bits per heavy atom. The molecule has 1 aliphatic heterocycles. The highest BCUT2D eigenvalue weighted by molar-refractivity contribution is 8.18. The number of guanidine groups is 3. The maximum atomic E-state index is 13.4. The van der Waals surface area contributed by atoms with Gasteiger partial charge in [-0.05, 0) is 87.4 Å². The molecule has 24 heteroatoms. The minimum Gasteiger partial charge on any atom is -0.494 e. The fourth-order valence-corrected chi connectivity index (χ4v) is 5.89. The van der Waals surface area contributed by atoms with E-state index in [9.17, 15) is 33.6 Å². The molecule has 0 unspecified atom stereocenters. The molecule has 23 nitrogen and oxygen atoms in total. The lowest BCUT2D eigenvalue weighted by atomic mass is 10.1. The summed E-state index contributed by atoms with van der Waals surface area (Å²) in [5.74, 6) is -3.81. The minimum atomic E-state index is -1.19. The van der Waals surface area contributed by atoms with Crippen LogP contribution in [0.15, 0.2) is 44.1 Å². The maximum absolute atomic E-state index is 13.4. The van der Waals surface area contributed by atoms with Crippen LogP contribution in [-0.2, 0) is 28.8 Å². The first-order chi connectivity index (χ1) is 27.9. The van der Waals surface area contributed by atoms with E-state index in [0.717, 1.165) is 11.8 Å². The van der Waals surface area contributed by atoms with E-state index in [4.69, 9.17) is 44.9 Å². The van der Waals surface area contributed by atoms with Gasteiger partial charge in [-0.3, -0.25) is 53.9 Å². The summed E-state index contributed by atoms with van der Waals surface area (Å²) in [4.78, 5) is 100. The van der Waals surface area contributed by atoms with Crippen molar-refractivity contribution in [3.63, 3.8) is 0 Å². The van der Waals surface area contributed by atoms with E-state index in [2.05, 4.69) is 41.6 Å². The topological polar surface area (TPSA) is 408 Å². The Kier molecular flexibility index (Phi) is 21.1. The zero-order chi connectivity index (χ0) is 43.9. The molecular formula is C35H55N15O8S. The summed E-state index contributed by atoms with van der Waals surface area (Å²) in [5, 5.41) is 12.1. The van der Waals surface area contributed by atoms with Gasteiger partial charge in [-0.2, -0.15) is 0 Å². The van der Waals surface area contributed by atoms with E-state index in [1.54, 1.807) is 30.3 Å². The van der Waals surface area contributed by atoms with Crippen LogP contribution in [0.4, 0.5) is 4.79 Å². The van der Waals surface area contributed by atoms with Gasteiger partial charge < -0.3 is 66.1 Å². The van der Waals surface area contributed by atoms with Crippen molar-refractivity contribution in [1.82, 2.24) is 26.6 Å². The Bertz CT molecular complexity index is 1760. The van der Waals surface area contributed by atoms with Crippen LogP contribution >= 0.6 is 11.8 Å². The van der Waals surface area contributed by atoms with Gasteiger partial charge in [0.15, 0.2) is 17.9 Å². The van der Waals surface area contributed by atoms with Gasteiger partial charge in [0.25, 0.3) is 11.1 Å². The molecule has 1 fully saturated rings. The molecule has 2 rings (SSSR count). The van der Waals surface area contributed by atoms with Crippen molar-refractivity contribution in [1.29, 1.82) is 0 Å². The van der Waals surface area contributed by atoms with Gasteiger partial charge in [-0.1, -0.05) is 12.1 Å². The molecule has 0 aromatic heterocycles. The highest BCUT2D eigenvalue weighted by Gasteiger charge is 2.29. The smallest absolute Gasteiger partial charge is 0.290 e. The zero-order valence-corrected chi connectivity index (χ0v) is 33.6. The summed E-state index contributed by atoms with van der Waals surface area (Å²) in [6.07, 6.45) is 3.02. The molecule has 4 atom stereocenters. The number of rotatable bonds is 26. The minimum absolute atomic E-state index is 0.00447. The fourth-order valence-electron chi connectivity index (χ4n) is 5.20. The number of primary amides is 1. The molecule has 324 valence electrons. The van der Waals surface area contributed by atoms with Crippen molar-refractivity contribution in [3.05, 3.63) is 34.7 Å². The standard InChI is InChI=1S/C35H55N15O8S/c1-19(28(53)49-24(8-4-16-45-34(41)42)30(55)48-22(27(36)52)6-2-14-43-32(37)38)46-29(54)23(7-3-15-44-33(39)40)47-26(51)9-5-17-58-21-12-10-20(11-13-21)18-25-31(56)50-35(57)59-25/h10-13,18-19,22-24H,2-9,14-17H2,1H3,(H2,36,52)(H,46,54)(H,47,51)(H,48,55)(H,49,53)(H4,37,38,43)(H4,39,40,44)(H4,41,42,45)(H,50,56,57)/b25-18-/t19-,22-,23-,24-/m0/s1. The second-order valence-corrected chi connectivity index (χ2v) is 14.1. The van der Waals surface area contributed by atoms with E-state index in [-0.39, 0.29) is 87.5 Å². The Hall–Kier alpha value is -6.59. The van der Waals surface area contributed by atoms with E-state index < -0.39 is 64.8 Å². The van der Waals surface area contributed by atoms with Crippen LogP contribution in [0, 0.1) is 0 Å². The van der Waals surface area contributed by atoms with Crippen molar-refractivity contribution >= 4 is 76.4 Å². The van der Waals surface area contributed by atoms with Gasteiger partial charge in [0.1, 0.15) is 29.9 Å². The second-order valence-electron chi connectivity index (χ2n) is 13.1. The van der Waals surface area contributed by atoms with Crippen LogP contribution in [0.2, 0.25) is 0 Å². The number of nitrogens with zero attached hydrogens (tertiary/aromatic N) is 3. The van der Waals surface area contributed by atoms with E-state index in [0.29, 0.717) is 24.2 Å². The van der Waals surface area contributed by atoms with Crippen LogP contribution < -0.4 is 71.5 Å². The lowest BCUT2D eigenvalue weighted by Gasteiger charge is -2.25. The van der Waals surface area contributed by atoms with E-state index >= 15 is 0 Å². The number of aliphatic imine (C=N–C) groups is 3. The van der Waals surface area contributed by atoms with E-state index in [1.807, 2.05) is 0 Å². The number of ether oxygens (including phenoxy) is 1. The van der Waals surface area contributed by atoms with Crippen molar-refractivity contribution in [2.45, 2.75) is 82.5 Å². The number of benzene rings is 1. The number of nitrogens with one attached hydrogen (secondary N) is 5. The summed E-state index contributed by atoms with van der Waals surface area (Å²) < 4.78 is 5.72. The largest absolute Gasteiger partial charge is 0.494 e. The van der Waals surface area contributed by atoms with Gasteiger partial charge in [-0.25, -0.2) is 0 Å². The fraction of sp³-hybridized carbons (Fsp3) is 0.486. The Balaban J connectivity index is 2.02. The van der Waals surface area contributed by atoms with Crippen LogP contribution in [-0.4, -0.2) is 109 Å².